The standard InChI is InChI=1S/C51H36N4S2/c1-3-12-31(13-4-1)49-52-50(32-14-5-2-6-15-32)54-51(53-49)35-22-25-38-40-28-33(23-26-45(40)56-47(38)30-35)34-24-27-46-41(29-34)39-18-11-21-44(48(39)57-46)55-42-19-9-7-16-36(42)37-17-8-10-20-43(37)55/h1-7,9-16,18-30,49,51,53H,8,17H2,(H,52,54). The number of thiophene rings is 2. The molecule has 0 fully saturated rings. The molecule has 4 heterocycles. The quantitative estimate of drug-likeness (QED) is 0.183. The van der Waals surface area contributed by atoms with E-state index in [4.69, 9.17) is 4.99 Å². The van der Waals surface area contributed by atoms with E-state index in [1.165, 1.54) is 84.9 Å². The molecule has 10 aromatic rings. The molecule has 0 spiro atoms. The Hall–Kier alpha value is -6.31. The predicted molar refractivity (Wildman–Crippen MR) is 243 cm³/mol. The van der Waals surface area contributed by atoms with Crippen molar-refractivity contribution in [3.05, 3.63) is 192 Å². The van der Waals surface area contributed by atoms with E-state index in [-0.39, 0.29) is 12.3 Å². The van der Waals surface area contributed by atoms with Gasteiger partial charge in [0.25, 0.3) is 0 Å². The van der Waals surface area contributed by atoms with Crippen LogP contribution < -0.4 is 10.6 Å². The lowest BCUT2D eigenvalue weighted by molar-refractivity contribution is 0.409. The summed E-state index contributed by atoms with van der Waals surface area (Å²) in [5.41, 5.74) is 11.2. The van der Waals surface area contributed by atoms with Crippen molar-refractivity contribution in [2.75, 3.05) is 0 Å². The van der Waals surface area contributed by atoms with Crippen LogP contribution in [0.1, 0.15) is 46.7 Å². The third-order valence-electron chi connectivity index (χ3n) is 11.8. The molecule has 12 rings (SSSR count). The number of hydrogen-bond donors (Lipinski definition) is 2. The average molecular weight is 769 g/mol. The molecule has 0 amide bonds. The van der Waals surface area contributed by atoms with Crippen LogP contribution in [0, 0.1) is 0 Å². The smallest absolute Gasteiger partial charge is 0.131 e. The van der Waals surface area contributed by atoms with Crippen molar-refractivity contribution in [2.45, 2.75) is 25.2 Å². The zero-order valence-corrected chi connectivity index (χ0v) is 32.6. The van der Waals surface area contributed by atoms with Gasteiger partial charge in [0, 0.05) is 52.3 Å². The number of benzene rings is 7. The molecule has 0 saturated carbocycles. The predicted octanol–water partition coefficient (Wildman–Crippen LogP) is 13.3. The highest BCUT2D eigenvalue weighted by atomic mass is 32.1. The van der Waals surface area contributed by atoms with Gasteiger partial charge in [-0.3, -0.25) is 5.32 Å². The normalized spacial score (nSPS) is 16.7. The molecular weight excluding hydrogens is 733 g/mol. The highest BCUT2D eigenvalue weighted by Gasteiger charge is 2.26. The number of para-hydroxylation sites is 1. The van der Waals surface area contributed by atoms with Gasteiger partial charge in [0.15, 0.2) is 0 Å². The van der Waals surface area contributed by atoms with E-state index in [2.05, 4.69) is 179 Å². The van der Waals surface area contributed by atoms with Crippen molar-refractivity contribution >= 4 is 85.8 Å². The summed E-state index contributed by atoms with van der Waals surface area (Å²) in [5, 5.41) is 14.1. The van der Waals surface area contributed by atoms with Crippen molar-refractivity contribution in [1.82, 2.24) is 15.2 Å². The van der Waals surface area contributed by atoms with E-state index in [0.29, 0.717) is 0 Å². The molecule has 57 heavy (non-hydrogen) atoms. The number of hydrogen-bond acceptors (Lipinski definition) is 5. The molecule has 3 aromatic heterocycles. The first kappa shape index (κ1) is 32.9. The van der Waals surface area contributed by atoms with Gasteiger partial charge in [-0.1, -0.05) is 121 Å². The Balaban J connectivity index is 0.912. The lowest BCUT2D eigenvalue weighted by Crippen LogP contribution is -2.44. The third-order valence-corrected chi connectivity index (χ3v) is 14.1. The summed E-state index contributed by atoms with van der Waals surface area (Å²) < 4.78 is 7.73. The summed E-state index contributed by atoms with van der Waals surface area (Å²) >= 11 is 3.77. The van der Waals surface area contributed by atoms with Gasteiger partial charge in [0.05, 0.1) is 15.9 Å². The highest BCUT2D eigenvalue weighted by molar-refractivity contribution is 7.26. The molecule has 2 atom stereocenters. The number of fused-ring (bicyclic) bond motifs is 9. The van der Waals surface area contributed by atoms with E-state index in [1.54, 1.807) is 0 Å². The molecular formula is C51H36N4S2. The molecule has 2 unspecified atom stereocenters. The molecule has 0 saturated heterocycles. The minimum atomic E-state index is -0.158. The molecule has 1 aliphatic carbocycles. The molecule has 4 nitrogen and oxygen atoms in total. The Morgan fingerprint density at radius 2 is 1.30 bits per heavy atom. The summed E-state index contributed by atoms with van der Waals surface area (Å²) in [5.74, 6) is 0.898. The Morgan fingerprint density at radius 3 is 2.14 bits per heavy atom. The Morgan fingerprint density at radius 1 is 0.561 bits per heavy atom. The maximum Gasteiger partial charge on any atom is 0.131 e. The fraction of sp³-hybridized carbons (Fsp3) is 0.0784. The second-order valence-corrected chi connectivity index (χ2v) is 17.2. The average Bonchev–Trinajstić information content (AvgIpc) is 3.95. The van der Waals surface area contributed by atoms with Crippen molar-refractivity contribution in [3.8, 4) is 16.8 Å². The molecule has 2 N–H and O–H groups in total. The van der Waals surface area contributed by atoms with Crippen LogP contribution in [0.2, 0.25) is 0 Å². The van der Waals surface area contributed by atoms with E-state index < -0.39 is 0 Å². The Labute approximate surface area is 338 Å². The first-order valence-electron chi connectivity index (χ1n) is 19.7. The maximum absolute atomic E-state index is 5.10. The van der Waals surface area contributed by atoms with Crippen molar-refractivity contribution in [2.24, 2.45) is 4.99 Å². The van der Waals surface area contributed by atoms with Gasteiger partial charge in [0.2, 0.25) is 0 Å². The van der Waals surface area contributed by atoms with E-state index >= 15 is 0 Å². The Bertz CT molecular complexity index is 3260. The van der Waals surface area contributed by atoms with Crippen LogP contribution in [-0.4, -0.2) is 10.4 Å². The second kappa shape index (κ2) is 13.1. The number of rotatable bonds is 5. The van der Waals surface area contributed by atoms with Gasteiger partial charge in [-0.15, -0.1) is 22.7 Å². The summed E-state index contributed by atoms with van der Waals surface area (Å²) in [6.45, 7) is 0. The Kier molecular flexibility index (Phi) is 7.58. The van der Waals surface area contributed by atoms with Crippen molar-refractivity contribution in [1.29, 1.82) is 0 Å². The number of aromatic nitrogens is 1. The number of nitrogens with one attached hydrogen (secondary N) is 2. The molecule has 7 aromatic carbocycles. The van der Waals surface area contributed by atoms with E-state index in [1.807, 2.05) is 28.7 Å². The first-order chi connectivity index (χ1) is 28.2. The van der Waals surface area contributed by atoms with Crippen LogP contribution in [0.15, 0.2) is 169 Å². The molecule has 0 bridgehead atoms. The van der Waals surface area contributed by atoms with Gasteiger partial charge < -0.3 is 9.88 Å². The van der Waals surface area contributed by atoms with Crippen LogP contribution in [0.3, 0.4) is 0 Å². The maximum atomic E-state index is 5.10. The van der Waals surface area contributed by atoms with Gasteiger partial charge in [0.1, 0.15) is 18.2 Å². The van der Waals surface area contributed by atoms with Gasteiger partial charge in [-0.2, -0.15) is 0 Å². The summed E-state index contributed by atoms with van der Waals surface area (Å²) in [7, 11) is 0. The van der Waals surface area contributed by atoms with Gasteiger partial charge in [-0.05, 0) is 89.2 Å². The van der Waals surface area contributed by atoms with Crippen LogP contribution in [0.5, 0.6) is 0 Å². The topological polar surface area (TPSA) is 41.4 Å². The summed E-state index contributed by atoms with van der Waals surface area (Å²) in [6, 6.07) is 57.6. The molecule has 0 radical (unpaired) electrons. The molecule has 1 aliphatic heterocycles. The van der Waals surface area contributed by atoms with Crippen LogP contribution in [-0.2, 0) is 6.42 Å². The van der Waals surface area contributed by atoms with Gasteiger partial charge in [-0.25, -0.2) is 4.99 Å². The zero-order valence-electron chi connectivity index (χ0n) is 30.9. The van der Waals surface area contributed by atoms with Crippen molar-refractivity contribution in [3.63, 3.8) is 0 Å². The van der Waals surface area contributed by atoms with Gasteiger partial charge >= 0.3 is 0 Å². The first-order valence-corrected chi connectivity index (χ1v) is 21.3. The SMILES string of the molecule is C1=Cc2c(c3ccccc3n2-c2cccc3c2sc2ccc(-c4ccc5sc6cc(C7NC(c8ccccc8)=NC(c8ccccc8)N7)ccc6c5c4)cc23)CC1. The highest BCUT2D eigenvalue weighted by Crippen LogP contribution is 2.44. The lowest BCUT2D eigenvalue weighted by atomic mass is 10.00. The fourth-order valence-corrected chi connectivity index (χ4v) is 11.3. The second-order valence-electron chi connectivity index (χ2n) is 15.1. The minimum absolute atomic E-state index is 0.0983. The van der Waals surface area contributed by atoms with Crippen LogP contribution in [0.25, 0.3) is 74.1 Å². The molecule has 272 valence electrons. The monoisotopic (exact) mass is 768 g/mol. The van der Waals surface area contributed by atoms with E-state index in [9.17, 15) is 0 Å². The van der Waals surface area contributed by atoms with Crippen LogP contribution in [0.4, 0.5) is 0 Å². The van der Waals surface area contributed by atoms with Crippen molar-refractivity contribution < 1.29 is 0 Å². The number of nitrogens with zero attached hydrogens (tertiary/aromatic N) is 2. The molecule has 2 aliphatic rings. The zero-order chi connectivity index (χ0) is 37.5. The van der Waals surface area contributed by atoms with E-state index in [0.717, 1.165) is 29.8 Å². The number of aryl methyl sites for hydroxylation is 1. The summed E-state index contributed by atoms with van der Waals surface area (Å²) in [6.07, 6.45) is 6.58. The third kappa shape index (κ3) is 5.40. The largest absolute Gasteiger partial charge is 0.350 e. The number of allylic oxidation sites excluding steroid dienone is 1. The fourth-order valence-electron chi connectivity index (χ4n) is 9.02. The summed E-state index contributed by atoms with van der Waals surface area (Å²) in [4.78, 5) is 5.10. The number of amidine groups is 1. The lowest BCUT2D eigenvalue weighted by Gasteiger charge is -2.32. The minimum Gasteiger partial charge on any atom is -0.350 e. The number of aliphatic imine (C=N–C) groups is 1. The molecule has 6 heteroatoms. The van der Waals surface area contributed by atoms with Crippen LogP contribution >= 0.6 is 22.7 Å².